The summed E-state index contributed by atoms with van der Waals surface area (Å²) < 4.78 is 34.1. The van der Waals surface area contributed by atoms with Crippen molar-refractivity contribution in [3.8, 4) is 0 Å². The summed E-state index contributed by atoms with van der Waals surface area (Å²) in [6.07, 6.45) is 2.34. The molecule has 0 aliphatic carbocycles. The van der Waals surface area contributed by atoms with E-state index in [0.29, 0.717) is 17.7 Å². The number of nitrogens with zero attached hydrogens (tertiary/aromatic N) is 1. The Balaban J connectivity index is 1.64. The van der Waals surface area contributed by atoms with Gasteiger partial charge in [-0.25, -0.2) is 13.2 Å². The van der Waals surface area contributed by atoms with Crippen molar-refractivity contribution in [2.45, 2.75) is 24.3 Å². The minimum Gasteiger partial charge on any atom is -0.456 e. The molecule has 1 heterocycles. The first-order valence-electron chi connectivity index (χ1n) is 10.0. The van der Waals surface area contributed by atoms with Gasteiger partial charge in [0, 0.05) is 0 Å². The van der Waals surface area contributed by atoms with Gasteiger partial charge >= 0.3 is 5.97 Å². The van der Waals surface area contributed by atoms with E-state index in [1.807, 2.05) is 49.4 Å². The number of aryl methyl sites for hydroxylation is 1. The maximum Gasteiger partial charge on any atom is 0.338 e. The molecule has 158 valence electrons. The summed E-state index contributed by atoms with van der Waals surface area (Å²) in [6, 6.07) is 24.5. The third-order valence-corrected chi connectivity index (χ3v) is 7.14. The molecule has 0 bridgehead atoms. The number of carbonyl (C=O) groups is 1. The van der Waals surface area contributed by atoms with Gasteiger partial charge in [-0.2, -0.15) is 0 Å². The molecule has 6 heteroatoms. The molecule has 1 atom stereocenters. The van der Waals surface area contributed by atoms with Crippen molar-refractivity contribution in [3.05, 3.63) is 113 Å². The van der Waals surface area contributed by atoms with Crippen molar-refractivity contribution >= 4 is 16.0 Å². The van der Waals surface area contributed by atoms with E-state index in [-0.39, 0.29) is 11.5 Å². The van der Waals surface area contributed by atoms with Gasteiger partial charge in [0.15, 0.2) is 0 Å². The molecule has 0 saturated carbocycles. The predicted octanol–water partition coefficient (Wildman–Crippen LogP) is 4.87. The molecule has 1 aliphatic heterocycles. The zero-order valence-corrected chi connectivity index (χ0v) is 18.0. The van der Waals surface area contributed by atoms with Crippen molar-refractivity contribution in [2.24, 2.45) is 0 Å². The first kappa shape index (κ1) is 20.9. The summed E-state index contributed by atoms with van der Waals surface area (Å²) >= 11 is 0. The fourth-order valence-electron chi connectivity index (χ4n) is 3.65. The highest BCUT2D eigenvalue weighted by Crippen LogP contribution is 2.39. The highest BCUT2D eigenvalue weighted by Gasteiger charge is 2.37. The van der Waals surface area contributed by atoms with E-state index in [0.717, 1.165) is 11.1 Å². The average molecular weight is 434 g/mol. The number of sulfonamides is 1. The van der Waals surface area contributed by atoms with Crippen LogP contribution >= 0.6 is 0 Å². The molecule has 0 spiro atoms. The van der Waals surface area contributed by atoms with Gasteiger partial charge in [0.25, 0.3) is 10.0 Å². The van der Waals surface area contributed by atoms with Crippen LogP contribution in [0.25, 0.3) is 0 Å². The van der Waals surface area contributed by atoms with E-state index < -0.39 is 22.0 Å². The van der Waals surface area contributed by atoms with Gasteiger partial charge in [-0.3, -0.25) is 4.31 Å². The highest BCUT2D eigenvalue weighted by molar-refractivity contribution is 7.89. The van der Waals surface area contributed by atoms with Crippen LogP contribution < -0.4 is 0 Å². The Bertz CT molecular complexity index is 1190. The monoisotopic (exact) mass is 433 g/mol. The second kappa shape index (κ2) is 8.78. The maximum absolute atomic E-state index is 13.6. The molecule has 0 radical (unpaired) electrons. The first-order valence-corrected chi connectivity index (χ1v) is 11.5. The van der Waals surface area contributed by atoms with Crippen LogP contribution in [0, 0.1) is 6.92 Å². The number of benzene rings is 3. The summed E-state index contributed by atoms with van der Waals surface area (Å²) in [5.41, 5.74) is 2.75. The Kier molecular flexibility index (Phi) is 5.91. The van der Waals surface area contributed by atoms with E-state index >= 15 is 0 Å². The second-order valence-corrected chi connectivity index (χ2v) is 9.23. The van der Waals surface area contributed by atoms with Crippen LogP contribution in [0.15, 0.2) is 102 Å². The third kappa shape index (κ3) is 4.39. The quantitative estimate of drug-likeness (QED) is 0.520. The van der Waals surface area contributed by atoms with Gasteiger partial charge < -0.3 is 4.74 Å². The Labute approximate surface area is 182 Å². The summed E-state index contributed by atoms with van der Waals surface area (Å²) in [7, 11) is -3.84. The van der Waals surface area contributed by atoms with Crippen molar-refractivity contribution in [3.63, 3.8) is 0 Å². The lowest BCUT2D eigenvalue weighted by molar-refractivity contribution is 0.0524. The molecule has 1 aliphatic rings. The molecule has 4 rings (SSSR count). The fourth-order valence-corrected chi connectivity index (χ4v) is 5.33. The van der Waals surface area contributed by atoms with Gasteiger partial charge in [-0.15, -0.1) is 0 Å². The molecule has 1 unspecified atom stereocenters. The van der Waals surface area contributed by atoms with Crippen LogP contribution in [-0.2, 0) is 14.8 Å². The van der Waals surface area contributed by atoms with Gasteiger partial charge in [-0.1, -0.05) is 72.3 Å². The Morgan fingerprint density at radius 1 is 0.935 bits per heavy atom. The fraction of sp³-hybridized carbons (Fsp3) is 0.160. The Hall–Kier alpha value is -3.38. The SMILES string of the molecule is Cc1ccc(S(=O)(=O)N2C(COC(=O)c3ccccc3)=CCC2c2ccccc2)cc1. The lowest BCUT2D eigenvalue weighted by atomic mass is 10.1. The molecule has 5 nitrogen and oxygen atoms in total. The minimum atomic E-state index is -3.84. The van der Waals surface area contributed by atoms with Crippen LogP contribution in [0.5, 0.6) is 0 Å². The van der Waals surface area contributed by atoms with E-state index in [1.165, 1.54) is 4.31 Å². The van der Waals surface area contributed by atoms with Crippen LogP contribution in [0.3, 0.4) is 0 Å². The van der Waals surface area contributed by atoms with Crippen molar-refractivity contribution in [1.29, 1.82) is 0 Å². The third-order valence-electron chi connectivity index (χ3n) is 5.27. The molecule has 0 fully saturated rings. The van der Waals surface area contributed by atoms with Crippen molar-refractivity contribution in [2.75, 3.05) is 6.61 Å². The number of carbonyl (C=O) groups excluding carboxylic acids is 1. The van der Waals surface area contributed by atoms with Gasteiger partial charge in [0.1, 0.15) is 6.61 Å². The summed E-state index contributed by atoms with van der Waals surface area (Å²) in [5, 5.41) is 0. The molecule has 0 saturated heterocycles. The minimum absolute atomic E-state index is 0.123. The molecule has 31 heavy (non-hydrogen) atoms. The van der Waals surface area contributed by atoms with Crippen LogP contribution in [0.1, 0.15) is 33.9 Å². The van der Waals surface area contributed by atoms with E-state index in [2.05, 4.69) is 0 Å². The molecular formula is C25H23NO4S. The molecule has 0 N–H and O–H groups in total. The number of ether oxygens (including phenoxy) is 1. The molecule has 0 amide bonds. The second-order valence-electron chi connectivity index (χ2n) is 7.41. The van der Waals surface area contributed by atoms with Gasteiger partial charge in [-0.05, 0) is 43.2 Å². The zero-order valence-electron chi connectivity index (χ0n) is 17.1. The largest absolute Gasteiger partial charge is 0.456 e. The van der Waals surface area contributed by atoms with E-state index in [9.17, 15) is 13.2 Å². The zero-order chi connectivity index (χ0) is 21.8. The first-order chi connectivity index (χ1) is 15.0. The van der Waals surface area contributed by atoms with Crippen molar-refractivity contribution in [1.82, 2.24) is 4.31 Å². The van der Waals surface area contributed by atoms with Crippen LogP contribution in [-0.4, -0.2) is 25.3 Å². The van der Waals surface area contributed by atoms with E-state index in [1.54, 1.807) is 48.5 Å². The number of rotatable bonds is 6. The number of esters is 1. The normalized spacial score (nSPS) is 16.1. The summed E-state index contributed by atoms with van der Waals surface area (Å²) in [5.74, 6) is -0.489. The Morgan fingerprint density at radius 2 is 1.55 bits per heavy atom. The molecule has 3 aromatic rings. The van der Waals surface area contributed by atoms with Crippen LogP contribution in [0.2, 0.25) is 0 Å². The van der Waals surface area contributed by atoms with Crippen molar-refractivity contribution < 1.29 is 17.9 Å². The standard InChI is InChI=1S/C25H23NO4S/c1-19-12-15-23(16-13-19)31(28,29)26-22(14-17-24(26)20-8-4-2-5-9-20)18-30-25(27)21-10-6-3-7-11-21/h2-16,24H,17-18H2,1H3. The average Bonchev–Trinajstić information content (AvgIpc) is 3.24. The van der Waals surface area contributed by atoms with Gasteiger partial charge in [0.05, 0.1) is 22.2 Å². The van der Waals surface area contributed by atoms with Gasteiger partial charge in [0.2, 0.25) is 0 Å². The number of hydrogen-bond donors (Lipinski definition) is 0. The molecular weight excluding hydrogens is 410 g/mol. The Morgan fingerprint density at radius 3 is 2.19 bits per heavy atom. The molecule has 0 aromatic heterocycles. The summed E-state index contributed by atoms with van der Waals surface area (Å²) in [6.45, 7) is 1.79. The smallest absolute Gasteiger partial charge is 0.338 e. The van der Waals surface area contributed by atoms with E-state index in [4.69, 9.17) is 4.74 Å². The summed E-state index contributed by atoms with van der Waals surface area (Å²) in [4.78, 5) is 12.6. The maximum atomic E-state index is 13.6. The number of hydrogen-bond acceptors (Lipinski definition) is 4. The topological polar surface area (TPSA) is 63.7 Å². The highest BCUT2D eigenvalue weighted by atomic mass is 32.2. The lowest BCUT2D eigenvalue weighted by Crippen LogP contribution is -2.33. The van der Waals surface area contributed by atoms with Crippen LogP contribution in [0.4, 0.5) is 0 Å². The predicted molar refractivity (Wildman–Crippen MR) is 119 cm³/mol. The lowest BCUT2D eigenvalue weighted by Gasteiger charge is -2.29. The molecule has 3 aromatic carbocycles.